The first-order chi connectivity index (χ1) is 9.60. The maximum atomic E-state index is 14.0. The molecule has 0 atom stereocenters. The van der Waals surface area contributed by atoms with Crippen molar-refractivity contribution in [1.82, 2.24) is 20.1 Å². The van der Waals surface area contributed by atoms with Crippen molar-refractivity contribution >= 4 is 0 Å². The Hall–Kier alpha value is -2.26. The summed E-state index contributed by atoms with van der Waals surface area (Å²) in [6.07, 6.45) is 1.33. The van der Waals surface area contributed by atoms with E-state index < -0.39 is 0 Å². The molecular formula is C14H16FN5. The first-order valence-electron chi connectivity index (χ1n) is 6.41. The van der Waals surface area contributed by atoms with E-state index in [1.165, 1.54) is 17.1 Å². The highest BCUT2D eigenvalue weighted by Crippen LogP contribution is 2.14. The lowest BCUT2D eigenvalue weighted by atomic mass is 10.1. The van der Waals surface area contributed by atoms with Crippen LogP contribution in [0.1, 0.15) is 25.2 Å². The number of nitrogens with zero attached hydrogens (tertiary/aromatic N) is 4. The predicted octanol–water partition coefficient (Wildman–Crippen LogP) is 2.02. The van der Waals surface area contributed by atoms with Gasteiger partial charge in [0.15, 0.2) is 0 Å². The minimum absolute atomic E-state index is 0.0204. The Morgan fingerprint density at radius 2 is 2.25 bits per heavy atom. The highest BCUT2D eigenvalue weighted by atomic mass is 19.1. The van der Waals surface area contributed by atoms with Crippen LogP contribution in [0.2, 0.25) is 0 Å². The molecule has 0 unspecified atom stereocenters. The number of hydrogen-bond donors (Lipinski definition) is 1. The molecule has 0 aliphatic heterocycles. The molecule has 0 bridgehead atoms. The number of aromatic nitrogens is 3. The van der Waals surface area contributed by atoms with Gasteiger partial charge in [-0.2, -0.15) is 5.26 Å². The zero-order valence-corrected chi connectivity index (χ0v) is 11.5. The van der Waals surface area contributed by atoms with Crippen molar-refractivity contribution in [2.45, 2.75) is 20.4 Å². The molecule has 5 nitrogen and oxygen atoms in total. The smallest absolute Gasteiger partial charge is 0.252 e. The molecule has 0 aliphatic carbocycles. The summed E-state index contributed by atoms with van der Waals surface area (Å²) in [6.45, 7) is 5.75. The fourth-order valence-corrected chi connectivity index (χ4v) is 1.78. The normalized spacial score (nSPS) is 10.8. The van der Waals surface area contributed by atoms with E-state index in [2.05, 4.69) is 29.2 Å². The van der Waals surface area contributed by atoms with Gasteiger partial charge in [-0.05, 0) is 30.2 Å². The fraction of sp³-hybridized carbons (Fsp3) is 0.357. The van der Waals surface area contributed by atoms with Gasteiger partial charge in [0.2, 0.25) is 0 Å². The van der Waals surface area contributed by atoms with Crippen LogP contribution in [-0.2, 0) is 6.54 Å². The lowest BCUT2D eigenvalue weighted by Crippen LogP contribution is -2.19. The Balaban J connectivity index is 2.11. The molecule has 0 amide bonds. The quantitative estimate of drug-likeness (QED) is 0.905. The Kier molecular flexibility index (Phi) is 4.43. The topological polar surface area (TPSA) is 66.5 Å². The van der Waals surface area contributed by atoms with Crippen molar-refractivity contribution in [2.75, 3.05) is 6.54 Å². The van der Waals surface area contributed by atoms with E-state index in [1.54, 1.807) is 6.07 Å². The second-order valence-corrected chi connectivity index (χ2v) is 4.94. The van der Waals surface area contributed by atoms with E-state index in [0.717, 1.165) is 12.1 Å². The maximum Gasteiger partial charge on any atom is 0.252 e. The van der Waals surface area contributed by atoms with Gasteiger partial charge in [0.25, 0.3) is 5.82 Å². The van der Waals surface area contributed by atoms with Crippen molar-refractivity contribution in [3.63, 3.8) is 0 Å². The van der Waals surface area contributed by atoms with Crippen LogP contribution < -0.4 is 5.32 Å². The first-order valence-corrected chi connectivity index (χ1v) is 6.41. The summed E-state index contributed by atoms with van der Waals surface area (Å²) in [4.78, 5) is 3.76. The van der Waals surface area contributed by atoms with Crippen LogP contribution in [0.3, 0.4) is 0 Å². The Morgan fingerprint density at radius 3 is 2.85 bits per heavy atom. The molecule has 0 saturated carbocycles. The Labute approximate surface area is 117 Å². The van der Waals surface area contributed by atoms with E-state index in [-0.39, 0.29) is 17.3 Å². The number of rotatable bonds is 5. The van der Waals surface area contributed by atoms with E-state index in [1.807, 2.05) is 12.1 Å². The molecule has 2 aromatic rings. The zero-order valence-electron chi connectivity index (χ0n) is 11.5. The molecule has 0 fully saturated rings. The average Bonchev–Trinajstić information content (AvgIpc) is 2.87. The van der Waals surface area contributed by atoms with Crippen LogP contribution in [0.5, 0.6) is 0 Å². The molecule has 20 heavy (non-hydrogen) atoms. The number of nitriles is 1. The molecule has 1 aromatic carbocycles. The third-order valence-electron chi connectivity index (χ3n) is 2.73. The van der Waals surface area contributed by atoms with Gasteiger partial charge in [-0.1, -0.05) is 19.9 Å². The van der Waals surface area contributed by atoms with Gasteiger partial charge >= 0.3 is 0 Å². The summed E-state index contributed by atoms with van der Waals surface area (Å²) in [7, 11) is 0. The van der Waals surface area contributed by atoms with Crippen molar-refractivity contribution in [1.29, 1.82) is 5.26 Å². The van der Waals surface area contributed by atoms with Crippen LogP contribution in [0, 0.1) is 23.1 Å². The monoisotopic (exact) mass is 273 g/mol. The molecule has 0 saturated heterocycles. The number of benzene rings is 1. The van der Waals surface area contributed by atoms with Crippen LogP contribution in [0.15, 0.2) is 24.5 Å². The lowest BCUT2D eigenvalue weighted by Gasteiger charge is -2.09. The van der Waals surface area contributed by atoms with Gasteiger partial charge in [-0.25, -0.2) is 14.1 Å². The van der Waals surface area contributed by atoms with Gasteiger partial charge in [-0.3, -0.25) is 0 Å². The number of nitrogens with one attached hydrogen (secondary N) is 1. The van der Waals surface area contributed by atoms with E-state index >= 15 is 0 Å². The Bertz CT molecular complexity index is 627. The van der Waals surface area contributed by atoms with Gasteiger partial charge in [0, 0.05) is 6.54 Å². The van der Waals surface area contributed by atoms with Crippen molar-refractivity contribution in [3.8, 4) is 11.8 Å². The first kappa shape index (κ1) is 14.2. The van der Waals surface area contributed by atoms with E-state index in [0.29, 0.717) is 12.5 Å². The van der Waals surface area contributed by atoms with Gasteiger partial charge < -0.3 is 5.32 Å². The number of hydrogen-bond acceptors (Lipinski definition) is 4. The van der Waals surface area contributed by atoms with Crippen LogP contribution in [0.25, 0.3) is 5.69 Å². The predicted molar refractivity (Wildman–Crippen MR) is 72.6 cm³/mol. The highest BCUT2D eigenvalue weighted by Gasteiger charge is 2.08. The van der Waals surface area contributed by atoms with Crippen LogP contribution in [0.4, 0.5) is 4.39 Å². The highest BCUT2D eigenvalue weighted by molar-refractivity contribution is 5.35. The third kappa shape index (κ3) is 3.39. The van der Waals surface area contributed by atoms with Crippen LogP contribution in [-0.4, -0.2) is 21.3 Å². The second-order valence-electron chi connectivity index (χ2n) is 4.94. The zero-order chi connectivity index (χ0) is 14.5. The minimum atomic E-state index is -0.386. The SMILES string of the molecule is CC(C)CNCc1ccc(-n2cnc(C#N)n2)c(F)c1. The summed E-state index contributed by atoms with van der Waals surface area (Å²) >= 11 is 0. The molecule has 6 heteroatoms. The van der Waals surface area contributed by atoms with Gasteiger partial charge in [0.05, 0.1) is 0 Å². The molecule has 2 rings (SSSR count). The third-order valence-corrected chi connectivity index (χ3v) is 2.73. The molecule has 1 heterocycles. The summed E-state index contributed by atoms with van der Waals surface area (Å²) in [5, 5.41) is 15.8. The second kappa shape index (κ2) is 6.26. The molecule has 0 spiro atoms. The summed E-state index contributed by atoms with van der Waals surface area (Å²) in [5.74, 6) is 0.189. The van der Waals surface area contributed by atoms with E-state index in [9.17, 15) is 4.39 Å². The lowest BCUT2D eigenvalue weighted by molar-refractivity contribution is 0.549. The fourth-order valence-electron chi connectivity index (χ4n) is 1.78. The summed E-state index contributed by atoms with van der Waals surface area (Å²) in [6, 6.07) is 6.75. The van der Waals surface area contributed by atoms with Crippen LogP contribution >= 0.6 is 0 Å². The van der Waals surface area contributed by atoms with E-state index in [4.69, 9.17) is 5.26 Å². The standard InChI is InChI=1S/C14H16FN5/c1-10(2)7-17-8-11-3-4-13(12(15)5-11)20-9-18-14(6-16)19-20/h3-5,9-10,17H,7-8H2,1-2H3. The largest absolute Gasteiger partial charge is 0.312 e. The molecule has 0 aliphatic rings. The molecule has 104 valence electrons. The number of halogens is 1. The molecular weight excluding hydrogens is 257 g/mol. The maximum absolute atomic E-state index is 14.0. The average molecular weight is 273 g/mol. The molecule has 1 aromatic heterocycles. The summed E-state index contributed by atoms with van der Waals surface area (Å²) < 4.78 is 15.3. The molecule has 0 radical (unpaired) electrons. The molecule has 1 N–H and O–H groups in total. The van der Waals surface area contributed by atoms with Gasteiger partial charge in [0.1, 0.15) is 23.9 Å². The van der Waals surface area contributed by atoms with Crippen molar-refractivity contribution < 1.29 is 4.39 Å². The summed E-state index contributed by atoms with van der Waals surface area (Å²) in [5.41, 5.74) is 1.15. The van der Waals surface area contributed by atoms with Crippen molar-refractivity contribution in [3.05, 3.63) is 41.7 Å². The van der Waals surface area contributed by atoms with Crippen molar-refractivity contribution in [2.24, 2.45) is 5.92 Å². The Morgan fingerprint density at radius 1 is 1.45 bits per heavy atom. The van der Waals surface area contributed by atoms with Gasteiger partial charge in [-0.15, -0.1) is 5.10 Å². The minimum Gasteiger partial charge on any atom is -0.312 e.